The van der Waals surface area contributed by atoms with E-state index in [9.17, 15) is 14.7 Å². The Balaban J connectivity index is 1.66. The molecule has 2 aromatic carbocycles. The Morgan fingerprint density at radius 1 is 0.968 bits per heavy atom. The molecule has 0 aliphatic carbocycles. The Morgan fingerprint density at radius 3 is 2.32 bits per heavy atom. The molecule has 0 aliphatic heterocycles. The summed E-state index contributed by atoms with van der Waals surface area (Å²) in [6, 6.07) is 18.4. The molecule has 0 saturated carbocycles. The Kier molecular flexibility index (Phi) is 7.32. The molecule has 1 amide bonds. The van der Waals surface area contributed by atoms with E-state index in [1.54, 1.807) is 13.8 Å². The number of aryl methyl sites for hydroxylation is 3. The number of benzene rings is 2. The molecule has 0 fully saturated rings. The van der Waals surface area contributed by atoms with E-state index in [2.05, 4.69) is 51.7 Å². The number of rotatable bonds is 8. The molecule has 0 bridgehead atoms. The second-order valence-electron chi connectivity index (χ2n) is 6.97. The van der Waals surface area contributed by atoms with Crippen LogP contribution in [0.25, 0.3) is 11.1 Å². The molecule has 1 aromatic heterocycles. The molecule has 7 nitrogen and oxygen atoms in total. The Bertz CT molecular complexity index is 1050. The molecule has 31 heavy (non-hydrogen) atoms. The molecule has 3 aromatic rings. The van der Waals surface area contributed by atoms with E-state index in [0.717, 1.165) is 16.7 Å². The first kappa shape index (κ1) is 22.0. The lowest BCUT2D eigenvalue weighted by Crippen LogP contribution is -2.31. The first-order valence-corrected chi connectivity index (χ1v) is 10.1. The molecular weight excluding hydrogens is 394 g/mol. The Labute approximate surface area is 181 Å². The van der Waals surface area contributed by atoms with Crippen LogP contribution < -0.4 is 5.32 Å². The van der Waals surface area contributed by atoms with Gasteiger partial charge in [0.2, 0.25) is 0 Å². The van der Waals surface area contributed by atoms with Gasteiger partial charge in [-0.15, -0.1) is 0 Å². The summed E-state index contributed by atoms with van der Waals surface area (Å²) < 4.78 is 4.78. The predicted octanol–water partition coefficient (Wildman–Crippen LogP) is 3.24. The Morgan fingerprint density at radius 2 is 1.65 bits per heavy atom. The van der Waals surface area contributed by atoms with E-state index in [1.807, 2.05) is 18.2 Å². The quantitative estimate of drug-likeness (QED) is 0.544. The maximum absolute atomic E-state index is 12.4. The third kappa shape index (κ3) is 5.88. The zero-order valence-corrected chi connectivity index (χ0v) is 17.6. The molecule has 2 N–H and O–H groups in total. The highest BCUT2D eigenvalue weighted by molar-refractivity contribution is 5.96. The van der Waals surface area contributed by atoms with Crippen LogP contribution in [-0.2, 0) is 22.4 Å². The number of carbonyl (C=O) groups excluding carboxylic acids is 2. The van der Waals surface area contributed by atoms with Gasteiger partial charge in [0.05, 0.1) is 12.3 Å². The van der Waals surface area contributed by atoms with Crippen molar-refractivity contribution in [3.63, 3.8) is 0 Å². The van der Waals surface area contributed by atoms with Gasteiger partial charge in [-0.05, 0) is 37.0 Å². The second kappa shape index (κ2) is 10.3. The van der Waals surface area contributed by atoms with Crippen molar-refractivity contribution in [3.05, 3.63) is 77.4 Å². The third-order valence-electron chi connectivity index (χ3n) is 4.72. The molecular formula is C24H25N3O4. The van der Waals surface area contributed by atoms with Crippen LogP contribution in [-0.4, -0.2) is 40.1 Å². The minimum atomic E-state index is -0.649. The van der Waals surface area contributed by atoms with Crippen LogP contribution in [0.4, 0.5) is 0 Å². The number of hydrogen-bond acceptors (Lipinski definition) is 6. The number of esters is 1. The van der Waals surface area contributed by atoms with Gasteiger partial charge < -0.3 is 15.2 Å². The normalized spacial score (nSPS) is 10.5. The topological polar surface area (TPSA) is 101 Å². The number of aromatic hydroxyl groups is 1. The van der Waals surface area contributed by atoms with Gasteiger partial charge in [-0.3, -0.25) is 9.59 Å². The van der Waals surface area contributed by atoms with Crippen LogP contribution in [0.2, 0.25) is 0 Å². The molecule has 7 heteroatoms. The number of nitrogens with one attached hydrogen (secondary N) is 1. The monoisotopic (exact) mass is 419 g/mol. The average Bonchev–Trinajstić information content (AvgIpc) is 2.79. The van der Waals surface area contributed by atoms with Gasteiger partial charge in [-0.2, -0.15) is 0 Å². The summed E-state index contributed by atoms with van der Waals surface area (Å²) in [5.74, 6) is -1.05. The van der Waals surface area contributed by atoms with E-state index in [0.29, 0.717) is 24.4 Å². The lowest BCUT2D eigenvalue weighted by Gasteiger charge is -2.10. The number of carbonyl (C=O) groups is 2. The van der Waals surface area contributed by atoms with Gasteiger partial charge in [0.15, 0.2) is 11.4 Å². The van der Waals surface area contributed by atoms with E-state index in [1.165, 1.54) is 0 Å². The van der Waals surface area contributed by atoms with Crippen LogP contribution >= 0.6 is 0 Å². The zero-order valence-electron chi connectivity index (χ0n) is 17.6. The highest BCUT2D eigenvalue weighted by Gasteiger charge is 2.18. The molecule has 0 spiro atoms. The summed E-state index contributed by atoms with van der Waals surface area (Å²) in [6.45, 7) is 3.22. The second-order valence-corrected chi connectivity index (χ2v) is 6.97. The van der Waals surface area contributed by atoms with Crippen molar-refractivity contribution in [2.45, 2.75) is 26.7 Å². The minimum Gasteiger partial charge on any atom is -0.504 e. The SMILES string of the molecule is CCOC(=O)CNC(=O)c1nc(CCc2ccc(-c3ccccc3)cc2)nc(C)c1O. The van der Waals surface area contributed by atoms with E-state index in [-0.39, 0.29) is 24.6 Å². The molecule has 0 atom stereocenters. The number of amides is 1. The summed E-state index contributed by atoms with van der Waals surface area (Å²) in [5, 5.41) is 12.6. The summed E-state index contributed by atoms with van der Waals surface area (Å²) in [6.07, 6.45) is 1.19. The largest absolute Gasteiger partial charge is 0.504 e. The van der Waals surface area contributed by atoms with Crippen molar-refractivity contribution in [2.24, 2.45) is 0 Å². The van der Waals surface area contributed by atoms with Gasteiger partial charge >= 0.3 is 5.97 Å². The summed E-state index contributed by atoms with van der Waals surface area (Å²) >= 11 is 0. The molecule has 160 valence electrons. The predicted molar refractivity (Wildman–Crippen MR) is 117 cm³/mol. The zero-order chi connectivity index (χ0) is 22.2. The van der Waals surface area contributed by atoms with Crippen LogP contribution in [0.5, 0.6) is 5.75 Å². The molecule has 0 saturated heterocycles. The Hall–Kier alpha value is -3.74. The lowest BCUT2D eigenvalue weighted by molar-refractivity contribution is -0.141. The average molecular weight is 419 g/mol. The van der Waals surface area contributed by atoms with Crippen molar-refractivity contribution in [1.82, 2.24) is 15.3 Å². The highest BCUT2D eigenvalue weighted by Crippen LogP contribution is 2.21. The molecule has 0 radical (unpaired) electrons. The first-order valence-electron chi connectivity index (χ1n) is 10.1. The number of aromatic nitrogens is 2. The van der Waals surface area contributed by atoms with Gasteiger partial charge in [-0.1, -0.05) is 54.6 Å². The van der Waals surface area contributed by atoms with Crippen LogP contribution in [0.1, 0.15) is 34.5 Å². The number of hydrogen-bond donors (Lipinski definition) is 2. The van der Waals surface area contributed by atoms with Gasteiger partial charge in [0, 0.05) is 6.42 Å². The third-order valence-corrected chi connectivity index (χ3v) is 4.72. The fourth-order valence-corrected chi connectivity index (χ4v) is 3.09. The van der Waals surface area contributed by atoms with Crippen LogP contribution in [0, 0.1) is 6.92 Å². The van der Waals surface area contributed by atoms with Gasteiger partial charge in [0.25, 0.3) is 5.91 Å². The fraction of sp³-hybridized carbons (Fsp3) is 0.250. The first-order chi connectivity index (χ1) is 15.0. The maximum atomic E-state index is 12.4. The number of nitrogens with zero attached hydrogens (tertiary/aromatic N) is 2. The van der Waals surface area contributed by atoms with Crippen molar-refractivity contribution in [1.29, 1.82) is 0 Å². The van der Waals surface area contributed by atoms with Crippen molar-refractivity contribution < 1.29 is 19.4 Å². The smallest absolute Gasteiger partial charge is 0.325 e. The van der Waals surface area contributed by atoms with Gasteiger partial charge in [-0.25, -0.2) is 9.97 Å². The molecule has 3 rings (SSSR count). The van der Waals surface area contributed by atoms with Crippen molar-refractivity contribution >= 4 is 11.9 Å². The van der Waals surface area contributed by atoms with E-state index in [4.69, 9.17) is 4.74 Å². The van der Waals surface area contributed by atoms with Crippen molar-refractivity contribution in [2.75, 3.05) is 13.2 Å². The van der Waals surface area contributed by atoms with Crippen LogP contribution in [0.15, 0.2) is 54.6 Å². The summed E-state index contributed by atoms with van der Waals surface area (Å²) in [5.41, 5.74) is 3.57. The highest BCUT2D eigenvalue weighted by atomic mass is 16.5. The fourth-order valence-electron chi connectivity index (χ4n) is 3.09. The summed E-state index contributed by atoms with van der Waals surface area (Å²) in [4.78, 5) is 32.3. The van der Waals surface area contributed by atoms with E-state index >= 15 is 0 Å². The number of ether oxygens (including phenoxy) is 1. The minimum absolute atomic E-state index is 0.147. The standard InChI is InChI=1S/C24H25N3O4/c1-3-31-21(28)15-25-24(30)22-23(29)16(2)26-20(27-22)14-11-17-9-12-19(13-10-17)18-7-5-4-6-8-18/h4-10,12-13,29H,3,11,14-15H2,1-2H3,(H,25,30). The molecule has 0 aliphatic rings. The van der Waals surface area contributed by atoms with Gasteiger partial charge in [0.1, 0.15) is 12.4 Å². The molecule has 1 heterocycles. The lowest BCUT2D eigenvalue weighted by atomic mass is 10.0. The maximum Gasteiger partial charge on any atom is 0.325 e. The molecule has 0 unspecified atom stereocenters. The van der Waals surface area contributed by atoms with E-state index < -0.39 is 11.9 Å². The van der Waals surface area contributed by atoms with Crippen molar-refractivity contribution in [3.8, 4) is 16.9 Å². The van der Waals surface area contributed by atoms with Crippen LogP contribution in [0.3, 0.4) is 0 Å². The summed E-state index contributed by atoms with van der Waals surface area (Å²) in [7, 11) is 0.